The normalized spacial score (nSPS) is 19.4. The maximum atomic E-state index is 14.2. The van der Waals surface area contributed by atoms with Gasteiger partial charge in [0.05, 0.1) is 12.3 Å². The Morgan fingerprint density at radius 3 is 2.57 bits per heavy atom. The highest BCUT2D eigenvalue weighted by Gasteiger charge is 2.38. The maximum Gasteiger partial charge on any atom is 0.490 e. The number of amidine groups is 1. The van der Waals surface area contributed by atoms with Crippen molar-refractivity contribution in [2.75, 3.05) is 13.2 Å². The number of carbonyl (C=O) groups is 1. The highest BCUT2D eigenvalue weighted by molar-refractivity contribution is 5.82. The number of halogens is 4. The summed E-state index contributed by atoms with van der Waals surface area (Å²) in [5.74, 6) is -2.69. The van der Waals surface area contributed by atoms with Crippen molar-refractivity contribution in [3.05, 3.63) is 53.2 Å². The molecule has 28 heavy (non-hydrogen) atoms. The van der Waals surface area contributed by atoms with Gasteiger partial charge in [-0.15, -0.1) is 0 Å². The van der Waals surface area contributed by atoms with Gasteiger partial charge in [-0.25, -0.2) is 9.18 Å². The summed E-state index contributed by atoms with van der Waals surface area (Å²) in [4.78, 5) is 13.3. The molecular weight excluding hydrogens is 386 g/mol. The van der Waals surface area contributed by atoms with Crippen molar-refractivity contribution in [2.24, 2.45) is 10.7 Å². The van der Waals surface area contributed by atoms with Gasteiger partial charge in [-0.2, -0.15) is 13.2 Å². The van der Waals surface area contributed by atoms with Crippen LogP contribution in [0.15, 0.2) is 40.0 Å². The van der Waals surface area contributed by atoms with Gasteiger partial charge < -0.3 is 20.1 Å². The van der Waals surface area contributed by atoms with Crippen LogP contribution in [-0.4, -0.2) is 41.5 Å². The second-order valence-corrected chi connectivity index (χ2v) is 6.15. The number of nitrogens with zero attached hydrogens (tertiary/aromatic N) is 2. The van der Waals surface area contributed by atoms with Crippen LogP contribution in [0.2, 0.25) is 0 Å². The molecule has 3 rings (SSSR count). The Bertz CT molecular complexity index is 853. The molecule has 1 aliphatic rings. The first-order valence-electron chi connectivity index (χ1n) is 7.91. The van der Waals surface area contributed by atoms with Gasteiger partial charge in [-0.1, -0.05) is 11.2 Å². The van der Waals surface area contributed by atoms with Crippen LogP contribution in [0.3, 0.4) is 0 Å². The van der Waals surface area contributed by atoms with Crippen LogP contribution < -0.4 is 5.73 Å². The van der Waals surface area contributed by atoms with Crippen LogP contribution >= 0.6 is 0 Å². The molecule has 3 N–H and O–H groups in total. The molecule has 7 nitrogen and oxygen atoms in total. The first kappa shape index (κ1) is 21.4. The molecule has 11 heteroatoms. The van der Waals surface area contributed by atoms with Crippen LogP contribution in [0, 0.1) is 5.82 Å². The van der Waals surface area contributed by atoms with Crippen molar-refractivity contribution in [3.63, 3.8) is 0 Å². The van der Waals surface area contributed by atoms with Gasteiger partial charge in [0, 0.05) is 18.1 Å². The Balaban J connectivity index is 0.000000345. The van der Waals surface area contributed by atoms with E-state index in [4.69, 9.17) is 24.9 Å². The molecule has 2 aromatic rings. The molecule has 0 amide bonds. The zero-order chi connectivity index (χ0) is 20.9. The van der Waals surface area contributed by atoms with Crippen LogP contribution in [0.5, 0.6) is 0 Å². The number of aliphatic imine (C=N–C) groups is 1. The Hall–Kier alpha value is -2.95. The lowest BCUT2D eigenvalue weighted by atomic mass is 9.90. The quantitative estimate of drug-likeness (QED) is 0.763. The van der Waals surface area contributed by atoms with E-state index in [0.29, 0.717) is 24.4 Å². The van der Waals surface area contributed by atoms with Crippen molar-refractivity contribution < 1.29 is 36.7 Å². The number of hydrogen-bond donors (Lipinski definition) is 2. The number of hydrogen-bond acceptors (Lipinski definition) is 6. The highest BCUT2D eigenvalue weighted by Crippen LogP contribution is 2.31. The monoisotopic (exact) mass is 403 g/mol. The second kappa shape index (κ2) is 8.38. The minimum atomic E-state index is -5.08. The first-order chi connectivity index (χ1) is 13.0. The van der Waals surface area contributed by atoms with E-state index in [1.807, 2.05) is 6.92 Å². The topological polar surface area (TPSA) is 111 Å². The molecule has 0 radical (unpaired) electrons. The van der Waals surface area contributed by atoms with E-state index in [1.165, 1.54) is 12.3 Å². The fraction of sp³-hybridized carbons (Fsp3) is 0.353. The summed E-state index contributed by atoms with van der Waals surface area (Å²) in [6.45, 7) is 2.41. The van der Waals surface area contributed by atoms with E-state index in [2.05, 4.69) is 10.1 Å². The molecule has 0 bridgehead atoms. The average Bonchev–Trinajstić information content (AvgIpc) is 3.09. The molecule has 0 saturated heterocycles. The minimum absolute atomic E-state index is 0.288. The molecule has 0 saturated carbocycles. The van der Waals surface area contributed by atoms with Crippen LogP contribution in [0.1, 0.15) is 23.7 Å². The lowest BCUT2D eigenvalue weighted by molar-refractivity contribution is -0.192. The fourth-order valence-corrected chi connectivity index (χ4v) is 2.51. The number of carboxylic acid groups (broad SMARTS) is 1. The Morgan fingerprint density at radius 1 is 1.36 bits per heavy atom. The third kappa shape index (κ3) is 5.52. The van der Waals surface area contributed by atoms with Gasteiger partial charge in [0.2, 0.25) is 0 Å². The SMILES string of the molecule is C[C@@]1(c2cc(Cc3ccon3)ccc2F)COCC(N)=N1.O=C(O)C(F)(F)F. The van der Waals surface area contributed by atoms with Crippen molar-refractivity contribution >= 4 is 11.8 Å². The van der Waals surface area contributed by atoms with Crippen molar-refractivity contribution in [1.29, 1.82) is 0 Å². The lowest BCUT2D eigenvalue weighted by Crippen LogP contribution is -2.38. The first-order valence-corrected chi connectivity index (χ1v) is 7.91. The number of benzene rings is 1. The molecule has 0 fully saturated rings. The summed E-state index contributed by atoms with van der Waals surface area (Å²) in [6.07, 6.45) is -3.00. The summed E-state index contributed by atoms with van der Waals surface area (Å²) in [5, 5.41) is 11.0. The van der Waals surface area contributed by atoms with Gasteiger partial charge in [-0.3, -0.25) is 4.99 Å². The molecule has 1 atom stereocenters. The molecule has 0 spiro atoms. The Kier molecular flexibility index (Phi) is 6.39. The summed E-state index contributed by atoms with van der Waals surface area (Å²) in [7, 11) is 0. The van der Waals surface area contributed by atoms with Gasteiger partial charge in [0.25, 0.3) is 0 Å². The minimum Gasteiger partial charge on any atom is -0.475 e. The van der Waals surface area contributed by atoms with E-state index in [0.717, 1.165) is 11.3 Å². The predicted octanol–water partition coefficient (Wildman–Crippen LogP) is 2.64. The Labute approximate surface area is 156 Å². The van der Waals surface area contributed by atoms with Gasteiger partial charge in [0.1, 0.15) is 30.1 Å². The number of carboxylic acids is 1. The highest BCUT2D eigenvalue weighted by atomic mass is 19.4. The van der Waals surface area contributed by atoms with E-state index in [9.17, 15) is 17.6 Å². The van der Waals surface area contributed by atoms with Crippen molar-refractivity contribution in [1.82, 2.24) is 5.16 Å². The third-order valence-corrected chi connectivity index (χ3v) is 3.75. The standard InChI is InChI=1S/C15H16FN3O2.C2HF3O2/c1-15(9-20-8-14(17)18-15)12-7-10(2-3-13(12)16)6-11-4-5-21-19-11;3-2(4,5)1(6)7/h2-5,7H,6,8-9H2,1H3,(H2,17,18);(H,6,7)/t15-;/m0./s1. The summed E-state index contributed by atoms with van der Waals surface area (Å²) in [5.41, 5.74) is 7.13. The van der Waals surface area contributed by atoms with E-state index >= 15 is 0 Å². The summed E-state index contributed by atoms with van der Waals surface area (Å²) < 4.78 is 56.2. The maximum absolute atomic E-state index is 14.2. The molecule has 1 aromatic heterocycles. The number of alkyl halides is 3. The van der Waals surface area contributed by atoms with Crippen molar-refractivity contribution in [2.45, 2.75) is 25.1 Å². The van der Waals surface area contributed by atoms with E-state index in [1.54, 1.807) is 18.2 Å². The number of aliphatic carboxylic acids is 1. The predicted molar refractivity (Wildman–Crippen MR) is 89.2 cm³/mol. The van der Waals surface area contributed by atoms with E-state index in [-0.39, 0.29) is 12.4 Å². The fourth-order valence-electron chi connectivity index (χ4n) is 2.51. The van der Waals surface area contributed by atoms with Gasteiger partial charge in [0.15, 0.2) is 0 Å². The summed E-state index contributed by atoms with van der Waals surface area (Å²) >= 11 is 0. The molecule has 2 heterocycles. The number of ether oxygens (including phenoxy) is 1. The molecule has 0 unspecified atom stereocenters. The zero-order valence-electron chi connectivity index (χ0n) is 14.7. The van der Waals surface area contributed by atoms with E-state index < -0.39 is 17.7 Å². The smallest absolute Gasteiger partial charge is 0.475 e. The number of aromatic nitrogens is 1. The molecule has 152 valence electrons. The van der Waals surface area contributed by atoms with Gasteiger partial charge >= 0.3 is 12.1 Å². The largest absolute Gasteiger partial charge is 0.490 e. The Morgan fingerprint density at radius 2 is 2.04 bits per heavy atom. The molecule has 0 aliphatic carbocycles. The van der Waals surface area contributed by atoms with Crippen LogP contribution in [-0.2, 0) is 21.5 Å². The molecular formula is C17H17F4N3O4. The summed E-state index contributed by atoms with van der Waals surface area (Å²) in [6, 6.07) is 6.74. The third-order valence-electron chi connectivity index (χ3n) is 3.75. The van der Waals surface area contributed by atoms with Crippen molar-refractivity contribution in [3.8, 4) is 0 Å². The van der Waals surface area contributed by atoms with Crippen LogP contribution in [0.25, 0.3) is 0 Å². The van der Waals surface area contributed by atoms with Crippen LogP contribution in [0.4, 0.5) is 17.6 Å². The number of rotatable bonds is 3. The lowest BCUT2D eigenvalue weighted by Gasteiger charge is -2.30. The molecule has 1 aromatic carbocycles. The average molecular weight is 403 g/mol. The number of nitrogens with two attached hydrogens (primary N) is 1. The zero-order valence-corrected chi connectivity index (χ0v) is 14.7. The van der Waals surface area contributed by atoms with Gasteiger partial charge in [-0.05, 0) is 24.6 Å². The molecule has 1 aliphatic heterocycles. The second-order valence-electron chi connectivity index (χ2n) is 6.15.